The van der Waals surface area contributed by atoms with Crippen molar-refractivity contribution in [3.8, 4) is 0 Å². The second-order valence-corrected chi connectivity index (χ2v) is 5.10. The number of carbonyl (C=O) groups excluding carboxylic acids is 1. The number of benzene rings is 1. The number of rotatable bonds is 4. The number of nitrogens with zero attached hydrogens (tertiary/aromatic N) is 2. The molecule has 1 aromatic carbocycles. The van der Waals surface area contributed by atoms with Crippen molar-refractivity contribution in [3.05, 3.63) is 46.7 Å². The van der Waals surface area contributed by atoms with Gasteiger partial charge in [-0.25, -0.2) is 0 Å². The molecule has 1 amide bonds. The summed E-state index contributed by atoms with van der Waals surface area (Å²) < 4.78 is 2.40. The Bertz CT molecular complexity index is 568. The lowest BCUT2D eigenvalue weighted by Gasteiger charge is -2.15. The van der Waals surface area contributed by atoms with Gasteiger partial charge in [0.05, 0.1) is 16.6 Å². The summed E-state index contributed by atoms with van der Waals surface area (Å²) in [5.41, 5.74) is 6.84. The topological polar surface area (TPSA) is 72.9 Å². The Kier molecular flexibility index (Phi) is 4.21. The number of carbonyl (C=O) groups is 1. The summed E-state index contributed by atoms with van der Waals surface area (Å²) in [4.78, 5) is 12.1. The van der Waals surface area contributed by atoms with Gasteiger partial charge in [0.25, 0.3) is 5.91 Å². The molecule has 0 fully saturated rings. The van der Waals surface area contributed by atoms with Gasteiger partial charge >= 0.3 is 0 Å². The molecule has 1 heterocycles. The van der Waals surface area contributed by atoms with Gasteiger partial charge < -0.3 is 11.1 Å². The van der Waals surface area contributed by atoms with E-state index in [9.17, 15) is 4.79 Å². The van der Waals surface area contributed by atoms with Crippen molar-refractivity contribution < 1.29 is 4.79 Å². The molecule has 2 aromatic rings. The van der Waals surface area contributed by atoms with E-state index in [1.54, 1.807) is 29.1 Å². The van der Waals surface area contributed by atoms with E-state index in [0.29, 0.717) is 22.3 Å². The van der Waals surface area contributed by atoms with Crippen molar-refractivity contribution in [2.45, 2.75) is 19.5 Å². The lowest BCUT2D eigenvalue weighted by atomic mass is 10.2. The normalized spacial score (nSPS) is 12.1. The summed E-state index contributed by atoms with van der Waals surface area (Å²) in [6, 6.07) is 7.06. The quantitative estimate of drug-likeness (QED) is 0.846. The third-order valence-electron chi connectivity index (χ3n) is 2.67. The first-order chi connectivity index (χ1) is 9.08. The largest absolute Gasteiger partial charge is 0.398 e. The highest BCUT2D eigenvalue weighted by atomic mass is 79.9. The Balaban J connectivity index is 2.02. The van der Waals surface area contributed by atoms with Crippen molar-refractivity contribution >= 4 is 27.5 Å². The Hall–Kier alpha value is -1.82. The molecule has 5 nitrogen and oxygen atoms in total. The number of anilines is 1. The molecule has 1 aromatic heterocycles. The lowest BCUT2D eigenvalue weighted by Crippen LogP contribution is -2.36. The van der Waals surface area contributed by atoms with Crippen LogP contribution in [-0.2, 0) is 6.54 Å². The van der Waals surface area contributed by atoms with Crippen LogP contribution in [0.5, 0.6) is 0 Å². The summed E-state index contributed by atoms with van der Waals surface area (Å²) in [6.45, 7) is 2.55. The minimum atomic E-state index is -0.154. The monoisotopic (exact) mass is 322 g/mol. The van der Waals surface area contributed by atoms with Crippen LogP contribution in [0.15, 0.2) is 41.1 Å². The van der Waals surface area contributed by atoms with Gasteiger partial charge in [0.1, 0.15) is 0 Å². The molecule has 100 valence electrons. The first-order valence-corrected chi connectivity index (χ1v) is 6.69. The maximum absolute atomic E-state index is 12.1. The molecule has 1 atom stereocenters. The summed E-state index contributed by atoms with van der Waals surface area (Å²) >= 11 is 3.33. The molecule has 1 unspecified atom stereocenters. The number of amides is 1. The van der Waals surface area contributed by atoms with Crippen LogP contribution in [0.2, 0.25) is 0 Å². The van der Waals surface area contributed by atoms with Crippen molar-refractivity contribution in [1.29, 1.82) is 0 Å². The van der Waals surface area contributed by atoms with Gasteiger partial charge in [-0.1, -0.05) is 6.07 Å². The fraction of sp³-hybridized carbons (Fsp3) is 0.231. The number of hydrogen-bond acceptors (Lipinski definition) is 3. The Morgan fingerprint density at radius 2 is 2.32 bits per heavy atom. The predicted octanol–water partition coefficient (Wildman–Crippen LogP) is 2.05. The van der Waals surface area contributed by atoms with Crippen LogP contribution in [-0.4, -0.2) is 21.7 Å². The van der Waals surface area contributed by atoms with Crippen molar-refractivity contribution in [2.24, 2.45) is 0 Å². The second-order valence-electron chi connectivity index (χ2n) is 4.31. The van der Waals surface area contributed by atoms with Crippen LogP contribution in [0.4, 0.5) is 5.69 Å². The van der Waals surface area contributed by atoms with Crippen molar-refractivity contribution in [1.82, 2.24) is 15.1 Å². The van der Waals surface area contributed by atoms with E-state index in [4.69, 9.17) is 5.73 Å². The van der Waals surface area contributed by atoms with Gasteiger partial charge in [-0.15, -0.1) is 0 Å². The molecule has 0 aliphatic heterocycles. The number of hydrogen-bond donors (Lipinski definition) is 2. The van der Waals surface area contributed by atoms with Gasteiger partial charge in [0.15, 0.2) is 0 Å². The van der Waals surface area contributed by atoms with Crippen molar-refractivity contribution in [2.75, 3.05) is 5.73 Å². The summed E-state index contributed by atoms with van der Waals surface area (Å²) in [5, 5.41) is 7.02. The smallest absolute Gasteiger partial charge is 0.252 e. The fourth-order valence-corrected chi connectivity index (χ4v) is 2.21. The molecule has 0 spiro atoms. The van der Waals surface area contributed by atoms with Crippen LogP contribution in [0, 0.1) is 0 Å². The first kappa shape index (κ1) is 13.6. The molecule has 0 aliphatic carbocycles. The molecule has 0 aliphatic rings. The molecular formula is C13H15BrN4O. The summed E-state index contributed by atoms with van der Waals surface area (Å²) in [7, 11) is 0. The summed E-state index contributed by atoms with van der Waals surface area (Å²) in [6.07, 6.45) is 3.57. The Morgan fingerprint density at radius 3 is 3.00 bits per heavy atom. The van der Waals surface area contributed by atoms with Crippen LogP contribution in [0.25, 0.3) is 0 Å². The standard InChI is InChI=1S/C13H15BrN4O/c1-9(8-18-7-3-6-16-18)17-13(19)10-4-2-5-11(15)12(10)14/h2-7,9H,8,15H2,1H3,(H,17,19). The second kappa shape index (κ2) is 5.88. The zero-order valence-corrected chi connectivity index (χ0v) is 12.1. The average Bonchev–Trinajstić information content (AvgIpc) is 2.85. The molecule has 0 bridgehead atoms. The van der Waals surface area contributed by atoms with Gasteiger partial charge in [-0.2, -0.15) is 5.10 Å². The van der Waals surface area contributed by atoms with Crippen molar-refractivity contribution in [3.63, 3.8) is 0 Å². The first-order valence-electron chi connectivity index (χ1n) is 5.90. The molecule has 0 radical (unpaired) electrons. The minimum Gasteiger partial charge on any atom is -0.398 e. The van der Waals surface area contributed by atoms with Gasteiger partial charge in [0, 0.05) is 24.1 Å². The van der Waals surface area contributed by atoms with E-state index in [-0.39, 0.29) is 11.9 Å². The maximum atomic E-state index is 12.1. The third-order valence-corrected chi connectivity index (χ3v) is 3.56. The molecule has 3 N–H and O–H groups in total. The highest BCUT2D eigenvalue weighted by Gasteiger charge is 2.14. The molecule has 6 heteroatoms. The van der Waals surface area contributed by atoms with E-state index >= 15 is 0 Å². The zero-order valence-electron chi connectivity index (χ0n) is 10.5. The molecule has 2 rings (SSSR count). The molecular weight excluding hydrogens is 308 g/mol. The number of nitrogens with two attached hydrogens (primary N) is 1. The van der Waals surface area contributed by atoms with E-state index < -0.39 is 0 Å². The SMILES string of the molecule is CC(Cn1cccn1)NC(=O)c1cccc(N)c1Br. The Morgan fingerprint density at radius 1 is 1.53 bits per heavy atom. The molecule has 0 saturated heterocycles. The molecule has 0 saturated carbocycles. The minimum absolute atomic E-state index is 0.0271. The van der Waals surface area contributed by atoms with Crippen LogP contribution in [0.1, 0.15) is 17.3 Å². The van der Waals surface area contributed by atoms with Crippen LogP contribution < -0.4 is 11.1 Å². The molecule has 19 heavy (non-hydrogen) atoms. The van der Waals surface area contributed by atoms with Gasteiger partial charge in [0.2, 0.25) is 0 Å². The van der Waals surface area contributed by atoms with Gasteiger partial charge in [-0.3, -0.25) is 9.48 Å². The Labute approximate surface area is 119 Å². The van der Waals surface area contributed by atoms with Gasteiger partial charge in [-0.05, 0) is 41.1 Å². The third kappa shape index (κ3) is 3.35. The lowest BCUT2D eigenvalue weighted by molar-refractivity contribution is 0.0935. The zero-order chi connectivity index (χ0) is 13.8. The van der Waals surface area contributed by atoms with Crippen LogP contribution in [0.3, 0.4) is 0 Å². The van der Waals surface area contributed by atoms with E-state index in [2.05, 4.69) is 26.3 Å². The highest BCUT2D eigenvalue weighted by molar-refractivity contribution is 9.10. The maximum Gasteiger partial charge on any atom is 0.252 e. The number of halogens is 1. The van der Waals surface area contributed by atoms with Crippen LogP contribution >= 0.6 is 15.9 Å². The summed E-state index contributed by atoms with van der Waals surface area (Å²) in [5.74, 6) is -0.154. The van der Waals surface area contributed by atoms with E-state index in [0.717, 1.165) is 0 Å². The number of nitrogens with one attached hydrogen (secondary N) is 1. The average molecular weight is 323 g/mol. The number of nitrogen functional groups attached to an aromatic ring is 1. The highest BCUT2D eigenvalue weighted by Crippen LogP contribution is 2.23. The van der Waals surface area contributed by atoms with E-state index in [1.807, 2.05) is 19.2 Å². The number of aromatic nitrogens is 2. The predicted molar refractivity (Wildman–Crippen MR) is 77.7 cm³/mol. The fourth-order valence-electron chi connectivity index (χ4n) is 1.76. The van der Waals surface area contributed by atoms with E-state index in [1.165, 1.54) is 0 Å².